The van der Waals surface area contributed by atoms with E-state index in [1.165, 1.54) is 34.4 Å². The Morgan fingerprint density at radius 2 is 1.91 bits per heavy atom. The van der Waals surface area contributed by atoms with Crippen molar-refractivity contribution in [3.05, 3.63) is 57.9 Å². The summed E-state index contributed by atoms with van der Waals surface area (Å²) in [6.07, 6.45) is 8.72. The molecule has 1 aromatic carbocycles. The van der Waals surface area contributed by atoms with Gasteiger partial charge in [0.2, 0.25) is 27.7 Å². The van der Waals surface area contributed by atoms with E-state index in [1.807, 2.05) is 19.1 Å². The SMILES string of the molecule is Cc1cnc(C(=O)N[C@H]2CCCCCC=C[C@@H]3C[C@@]3(C(=O)NS(=O)(=O)C3(C)CC3)NC(=O)[C@@H]3C[C@@H](Oc4nc5cc(F)ccc5nc4C)CN3C2=O)s1. The van der Waals surface area contributed by atoms with Gasteiger partial charge in [-0.15, -0.1) is 11.3 Å². The Labute approximate surface area is 310 Å². The summed E-state index contributed by atoms with van der Waals surface area (Å²) in [5.41, 5.74) is -0.390. The molecule has 282 valence electrons. The van der Waals surface area contributed by atoms with E-state index in [4.69, 9.17) is 4.74 Å². The lowest BCUT2D eigenvalue weighted by Crippen LogP contribution is -2.58. The second kappa shape index (κ2) is 14.0. The number of carbonyl (C=O) groups excluding carboxylic acids is 4. The van der Waals surface area contributed by atoms with Gasteiger partial charge in [0.05, 0.1) is 22.3 Å². The summed E-state index contributed by atoms with van der Waals surface area (Å²) in [5, 5.41) is 5.91. The number of hydrogen-bond donors (Lipinski definition) is 3. The number of sulfonamides is 1. The molecule has 0 spiro atoms. The van der Waals surface area contributed by atoms with Crippen LogP contribution in [0.5, 0.6) is 5.88 Å². The lowest BCUT2D eigenvalue weighted by Gasteiger charge is -2.30. The van der Waals surface area contributed by atoms with Gasteiger partial charge in [-0.25, -0.2) is 27.8 Å². The highest BCUT2D eigenvalue weighted by molar-refractivity contribution is 7.91. The lowest BCUT2D eigenvalue weighted by molar-refractivity contribution is -0.141. The molecule has 7 rings (SSSR count). The maximum absolute atomic E-state index is 14.5. The normalized spacial score (nSPS) is 27.1. The van der Waals surface area contributed by atoms with Crippen LogP contribution >= 0.6 is 11.3 Å². The highest BCUT2D eigenvalue weighted by atomic mass is 32.2. The van der Waals surface area contributed by atoms with E-state index >= 15 is 0 Å². The van der Waals surface area contributed by atoms with Crippen LogP contribution in [-0.2, 0) is 24.4 Å². The van der Waals surface area contributed by atoms with Crippen LogP contribution in [0.4, 0.5) is 4.39 Å². The molecule has 2 aliphatic heterocycles. The van der Waals surface area contributed by atoms with Crippen molar-refractivity contribution in [1.29, 1.82) is 0 Å². The average Bonchev–Trinajstić information content (AvgIpc) is 3.91. The standard InChI is InChI=1S/C36H42FN7O7S2/c1-20-18-38-32(52-20)30(46)40-26-10-8-6-4-5-7-9-22-17-36(22,34(48)43-53(49,50)35(3)13-14-35)42-29(45)28-16-24(19-44(28)33(26)47)51-31-21(2)39-25-12-11-23(37)15-27(25)41-31/h7,9,11-12,15,18,22,24,26,28H,4-6,8,10,13-14,16-17,19H2,1-3H3,(H,40,46)(H,42,45)(H,43,48)/t22-,24-,26+,28+,36-/m1/s1. The van der Waals surface area contributed by atoms with Gasteiger partial charge in [-0.2, -0.15) is 0 Å². The molecule has 3 fully saturated rings. The average molecular weight is 768 g/mol. The molecular formula is C36H42FN7O7S2. The fraction of sp³-hybridized carbons (Fsp3) is 0.528. The van der Waals surface area contributed by atoms with Crippen molar-refractivity contribution in [1.82, 2.24) is 35.2 Å². The van der Waals surface area contributed by atoms with Crippen molar-refractivity contribution in [3.8, 4) is 5.88 Å². The molecule has 3 N–H and O–H groups in total. The fourth-order valence-corrected chi connectivity index (χ4v) is 8.97. The minimum atomic E-state index is -4.00. The van der Waals surface area contributed by atoms with E-state index in [0.29, 0.717) is 43.3 Å². The van der Waals surface area contributed by atoms with Crippen molar-refractivity contribution >= 4 is 56.0 Å². The second-order valence-corrected chi connectivity index (χ2v) is 18.2. The number of aromatic nitrogens is 3. The van der Waals surface area contributed by atoms with E-state index in [9.17, 15) is 32.0 Å². The largest absolute Gasteiger partial charge is 0.471 e. The zero-order valence-electron chi connectivity index (χ0n) is 29.7. The Morgan fingerprint density at radius 1 is 1.11 bits per heavy atom. The second-order valence-electron chi connectivity index (χ2n) is 14.8. The zero-order chi connectivity index (χ0) is 37.7. The first-order valence-corrected chi connectivity index (χ1v) is 20.2. The number of nitrogens with one attached hydrogen (secondary N) is 3. The lowest BCUT2D eigenvalue weighted by atomic mass is 10.0. The summed E-state index contributed by atoms with van der Waals surface area (Å²) < 4.78 is 47.7. The highest BCUT2D eigenvalue weighted by Gasteiger charge is 2.63. The summed E-state index contributed by atoms with van der Waals surface area (Å²) in [6.45, 7) is 5.01. The summed E-state index contributed by atoms with van der Waals surface area (Å²) in [6, 6.07) is 1.87. The summed E-state index contributed by atoms with van der Waals surface area (Å²) in [4.78, 5) is 71.2. The van der Waals surface area contributed by atoms with Gasteiger partial charge in [0.15, 0.2) is 5.01 Å². The molecule has 0 bridgehead atoms. The van der Waals surface area contributed by atoms with Gasteiger partial charge >= 0.3 is 0 Å². The van der Waals surface area contributed by atoms with Gasteiger partial charge < -0.3 is 20.3 Å². The van der Waals surface area contributed by atoms with Crippen molar-refractivity contribution < 1.29 is 36.7 Å². The van der Waals surface area contributed by atoms with Crippen molar-refractivity contribution in [2.75, 3.05) is 6.54 Å². The Morgan fingerprint density at radius 3 is 2.64 bits per heavy atom. The van der Waals surface area contributed by atoms with Crippen LogP contribution in [0, 0.1) is 25.6 Å². The third-order valence-corrected chi connectivity index (χ3v) is 13.7. The van der Waals surface area contributed by atoms with Gasteiger partial charge in [0, 0.05) is 29.5 Å². The van der Waals surface area contributed by atoms with Crippen LogP contribution in [0.3, 0.4) is 0 Å². The maximum Gasteiger partial charge on any atom is 0.280 e. The van der Waals surface area contributed by atoms with Gasteiger partial charge in [-0.05, 0) is 71.4 Å². The number of amides is 4. The molecule has 53 heavy (non-hydrogen) atoms. The third kappa shape index (κ3) is 7.50. The van der Waals surface area contributed by atoms with E-state index < -0.39 is 73.9 Å². The van der Waals surface area contributed by atoms with Crippen LogP contribution in [0.2, 0.25) is 0 Å². The number of rotatable bonds is 7. The van der Waals surface area contributed by atoms with Crippen molar-refractivity contribution in [2.45, 2.75) is 107 Å². The molecule has 0 radical (unpaired) electrons. The number of hydrogen-bond acceptors (Lipinski definition) is 11. The first-order chi connectivity index (χ1) is 25.2. The number of allylic oxidation sites excluding steroid dienone is 1. The quantitative estimate of drug-likeness (QED) is 0.301. The van der Waals surface area contributed by atoms with Crippen molar-refractivity contribution in [2.24, 2.45) is 5.92 Å². The summed E-state index contributed by atoms with van der Waals surface area (Å²) >= 11 is 1.20. The Hall–Kier alpha value is -4.51. The van der Waals surface area contributed by atoms with Gasteiger partial charge in [-0.1, -0.05) is 25.0 Å². The molecule has 5 atom stereocenters. The smallest absolute Gasteiger partial charge is 0.280 e. The zero-order valence-corrected chi connectivity index (χ0v) is 31.3. The molecular weight excluding hydrogens is 726 g/mol. The molecule has 2 aliphatic carbocycles. The molecule has 3 aromatic rings. The van der Waals surface area contributed by atoms with E-state index in [-0.39, 0.29) is 35.8 Å². The number of fused-ring (bicyclic) bond motifs is 3. The number of halogens is 1. The summed E-state index contributed by atoms with van der Waals surface area (Å²) in [5.74, 6) is -3.35. The van der Waals surface area contributed by atoms with Gasteiger partial charge in [0.1, 0.15) is 35.2 Å². The van der Waals surface area contributed by atoms with Crippen molar-refractivity contribution in [3.63, 3.8) is 0 Å². The first-order valence-electron chi connectivity index (χ1n) is 17.9. The number of carbonyl (C=O) groups is 4. The molecule has 4 aliphatic rings. The number of ether oxygens (including phenoxy) is 1. The molecule has 2 saturated carbocycles. The Kier molecular flexibility index (Phi) is 9.76. The fourth-order valence-electron chi connectivity index (χ4n) is 7.00. The number of thiazole rings is 1. The minimum Gasteiger partial charge on any atom is -0.471 e. The molecule has 2 aromatic heterocycles. The Balaban J connectivity index is 1.20. The molecule has 4 heterocycles. The van der Waals surface area contributed by atoms with Crippen LogP contribution in [0.15, 0.2) is 36.5 Å². The Bertz CT molecular complexity index is 2120. The number of benzene rings is 1. The summed E-state index contributed by atoms with van der Waals surface area (Å²) in [7, 11) is -4.00. The van der Waals surface area contributed by atoms with Gasteiger partial charge in [0.25, 0.3) is 11.8 Å². The first kappa shape index (κ1) is 36.8. The molecule has 0 unspecified atom stereocenters. The van der Waals surface area contributed by atoms with Gasteiger partial charge in [-0.3, -0.25) is 23.9 Å². The number of nitrogens with zero attached hydrogens (tertiary/aromatic N) is 4. The maximum atomic E-state index is 14.5. The predicted molar refractivity (Wildman–Crippen MR) is 193 cm³/mol. The van der Waals surface area contributed by atoms with Crippen LogP contribution < -0.4 is 20.1 Å². The third-order valence-electron chi connectivity index (χ3n) is 10.6. The van der Waals surface area contributed by atoms with E-state index in [1.54, 1.807) is 20.0 Å². The van der Waals surface area contributed by atoms with E-state index in [2.05, 4.69) is 30.3 Å². The molecule has 17 heteroatoms. The van der Waals surface area contributed by atoms with Crippen LogP contribution in [-0.4, -0.2) is 86.9 Å². The molecule has 14 nitrogen and oxygen atoms in total. The van der Waals surface area contributed by atoms with E-state index in [0.717, 1.165) is 17.7 Å². The topological polar surface area (TPSA) is 190 Å². The predicted octanol–water partition coefficient (Wildman–Crippen LogP) is 3.38. The number of aryl methyl sites for hydroxylation is 2. The van der Waals surface area contributed by atoms with Crippen LogP contribution in [0.1, 0.15) is 85.1 Å². The van der Waals surface area contributed by atoms with Crippen LogP contribution in [0.25, 0.3) is 11.0 Å². The highest BCUT2D eigenvalue weighted by Crippen LogP contribution is 2.47. The monoisotopic (exact) mass is 767 g/mol. The molecule has 4 amide bonds. The molecule has 1 saturated heterocycles. The minimum absolute atomic E-state index is 0.0131.